The molecule has 2 unspecified atom stereocenters. The maximum Gasteiger partial charge on any atom is 0.240 e. The zero-order valence-electron chi connectivity index (χ0n) is 11.0. The molecule has 0 spiro atoms. The summed E-state index contributed by atoms with van der Waals surface area (Å²) in [7, 11) is 1.85. The summed E-state index contributed by atoms with van der Waals surface area (Å²) >= 11 is 0. The van der Waals surface area contributed by atoms with Crippen molar-refractivity contribution in [3.05, 3.63) is 24.3 Å². The first-order valence-corrected chi connectivity index (χ1v) is 6.41. The molecule has 1 N–H and O–H groups in total. The van der Waals surface area contributed by atoms with Gasteiger partial charge in [-0.05, 0) is 31.9 Å². The van der Waals surface area contributed by atoms with E-state index in [-0.39, 0.29) is 11.9 Å². The molecule has 18 heavy (non-hydrogen) atoms. The molecule has 98 valence electrons. The lowest BCUT2D eigenvalue weighted by atomic mass is 10.0. The number of likely N-dealkylation sites (tertiary alicyclic amines) is 1. The Morgan fingerprint density at radius 3 is 3.00 bits per heavy atom. The third kappa shape index (κ3) is 3.04. The number of hydrogen-bond donors (Lipinski definition) is 1. The Morgan fingerprint density at radius 2 is 2.33 bits per heavy atom. The molecule has 2 rings (SSSR count). The smallest absolute Gasteiger partial charge is 0.240 e. The zero-order chi connectivity index (χ0) is 13.0. The van der Waals surface area contributed by atoms with Crippen LogP contribution in [0.25, 0.3) is 0 Å². The van der Waals surface area contributed by atoms with Gasteiger partial charge in [-0.1, -0.05) is 6.92 Å². The van der Waals surface area contributed by atoms with E-state index in [1.165, 1.54) is 6.33 Å². The summed E-state index contributed by atoms with van der Waals surface area (Å²) < 4.78 is 0. The van der Waals surface area contributed by atoms with Crippen LogP contribution in [0.5, 0.6) is 0 Å². The molecule has 2 atom stereocenters. The quantitative estimate of drug-likeness (QED) is 0.860. The number of rotatable bonds is 3. The second kappa shape index (κ2) is 5.91. The maximum atomic E-state index is 12.3. The second-order valence-corrected chi connectivity index (χ2v) is 4.94. The van der Waals surface area contributed by atoms with E-state index in [1.807, 2.05) is 18.0 Å². The van der Waals surface area contributed by atoms with Crippen molar-refractivity contribution in [2.75, 3.05) is 13.6 Å². The van der Waals surface area contributed by atoms with Gasteiger partial charge in [-0.2, -0.15) is 0 Å². The molecule has 0 saturated carbocycles. The fraction of sp³-hybridized carbons (Fsp3) is 0.615. The van der Waals surface area contributed by atoms with Crippen molar-refractivity contribution in [1.29, 1.82) is 0 Å². The topological polar surface area (TPSA) is 58.1 Å². The molecule has 1 amide bonds. The fourth-order valence-electron chi connectivity index (χ4n) is 2.37. The molecule has 1 aliphatic rings. The summed E-state index contributed by atoms with van der Waals surface area (Å²) in [5.41, 5.74) is 0.891. The minimum Gasteiger partial charge on any atom is -0.335 e. The van der Waals surface area contributed by atoms with Crippen molar-refractivity contribution in [3.63, 3.8) is 0 Å². The van der Waals surface area contributed by atoms with Crippen molar-refractivity contribution in [2.24, 2.45) is 5.92 Å². The third-order valence-electron chi connectivity index (χ3n) is 3.43. The molecule has 1 saturated heterocycles. The minimum absolute atomic E-state index is 0.0585. The number of likely N-dealkylation sites (N-methyl/N-ethyl adjacent to an activating group) is 1. The van der Waals surface area contributed by atoms with Crippen LogP contribution in [-0.4, -0.2) is 40.4 Å². The summed E-state index contributed by atoms with van der Waals surface area (Å²) in [5.74, 6) is 0.717. The molecule has 1 fully saturated rings. The number of carbonyl (C=O) groups is 1. The van der Waals surface area contributed by atoms with E-state index in [1.54, 1.807) is 6.20 Å². The van der Waals surface area contributed by atoms with Gasteiger partial charge < -0.3 is 10.2 Å². The molecular formula is C13H20N4O. The van der Waals surface area contributed by atoms with Gasteiger partial charge in [-0.3, -0.25) is 4.79 Å². The van der Waals surface area contributed by atoms with Crippen molar-refractivity contribution in [1.82, 2.24) is 20.2 Å². The van der Waals surface area contributed by atoms with E-state index in [0.29, 0.717) is 12.5 Å². The van der Waals surface area contributed by atoms with Crippen LogP contribution < -0.4 is 5.32 Å². The Hall–Kier alpha value is -1.49. The Kier molecular flexibility index (Phi) is 4.25. The zero-order valence-corrected chi connectivity index (χ0v) is 11.0. The predicted molar refractivity (Wildman–Crippen MR) is 68.7 cm³/mol. The van der Waals surface area contributed by atoms with Crippen LogP contribution in [0.3, 0.4) is 0 Å². The maximum absolute atomic E-state index is 12.3. The summed E-state index contributed by atoms with van der Waals surface area (Å²) in [5, 5.41) is 3.11. The van der Waals surface area contributed by atoms with E-state index >= 15 is 0 Å². The average Bonchev–Trinajstić information content (AvgIpc) is 2.51. The Balaban J connectivity index is 2.11. The summed E-state index contributed by atoms with van der Waals surface area (Å²) in [6, 6.07) is 1.80. The van der Waals surface area contributed by atoms with Gasteiger partial charge >= 0.3 is 0 Å². The van der Waals surface area contributed by atoms with E-state index < -0.39 is 0 Å². The van der Waals surface area contributed by atoms with Gasteiger partial charge in [-0.15, -0.1) is 0 Å². The lowest BCUT2D eigenvalue weighted by Crippen LogP contribution is -2.44. The number of nitrogens with one attached hydrogen (secondary N) is 1. The van der Waals surface area contributed by atoms with Crippen molar-refractivity contribution in [2.45, 2.75) is 32.4 Å². The van der Waals surface area contributed by atoms with Crippen molar-refractivity contribution < 1.29 is 4.79 Å². The molecule has 1 aliphatic heterocycles. The summed E-state index contributed by atoms with van der Waals surface area (Å²) in [4.78, 5) is 22.3. The van der Waals surface area contributed by atoms with Gasteiger partial charge in [0, 0.05) is 12.7 Å². The van der Waals surface area contributed by atoms with Crippen LogP contribution in [0.4, 0.5) is 0 Å². The molecule has 0 bridgehead atoms. The molecule has 2 heterocycles. The highest BCUT2D eigenvalue weighted by molar-refractivity contribution is 5.82. The SMILES string of the molecule is CNC1CCC(C)CN(Cc2ccncn2)C1=O. The van der Waals surface area contributed by atoms with E-state index in [4.69, 9.17) is 0 Å². The molecular weight excluding hydrogens is 228 g/mol. The first-order valence-electron chi connectivity index (χ1n) is 6.41. The second-order valence-electron chi connectivity index (χ2n) is 4.94. The highest BCUT2D eigenvalue weighted by atomic mass is 16.2. The highest BCUT2D eigenvalue weighted by Crippen LogP contribution is 2.18. The number of hydrogen-bond acceptors (Lipinski definition) is 4. The van der Waals surface area contributed by atoms with E-state index in [0.717, 1.165) is 25.1 Å². The number of nitrogens with zero attached hydrogens (tertiary/aromatic N) is 3. The van der Waals surface area contributed by atoms with Gasteiger partial charge in [-0.25, -0.2) is 9.97 Å². The Bertz CT molecular complexity index is 395. The number of amides is 1. The van der Waals surface area contributed by atoms with Gasteiger partial charge in [0.05, 0.1) is 18.3 Å². The van der Waals surface area contributed by atoms with Crippen LogP contribution in [0.2, 0.25) is 0 Å². The highest BCUT2D eigenvalue weighted by Gasteiger charge is 2.28. The van der Waals surface area contributed by atoms with Crippen LogP contribution in [0, 0.1) is 5.92 Å². The third-order valence-corrected chi connectivity index (χ3v) is 3.43. The van der Waals surface area contributed by atoms with Gasteiger partial charge in [0.25, 0.3) is 0 Å². The van der Waals surface area contributed by atoms with Crippen LogP contribution in [0.1, 0.15) is 25.5 Å². The van der Waals surface area contributed by atoms with E-state index in [2.05, 4.69) is 22.2 Å². The lowest BCUT2D eigenvalue weighted by molar-refractivity contribution is -0.133. The normalized spacial score (nSPS) is 25.0. The van der Waals surface area contributed by atoms with Crippen LogP contribution in [-0.2, 0) is 11.3 Å². The monoisotopic (exact) mass is 248 g/mol. The predicted octanol–water partition coefficient (Wildman–Crippen LogP) is 0.823. The number of carbonyl (C=O) groups excluding carboxylic acids is 1. The average molecular weight is 248 g/mol. The Labute approximate surface area is 108 Å². The van der Waals surface area contributed by atoms with Gasteiger partial charge in [0.2, 0.25) is 5.91 Å². The molecule has 1 aromatic rings. The first-order chi connectivity index (χ1) is 8.70. The van der Waals surface area contributed by atoms with Gasteiger partial charge in [0.15, 0.2) is 0 Å². The molecule has 5 nitrogen and oxygen atoms in total. The molecule has 5 heteroatoms. The fourth-order valence-corrected chi connectivity index (χ4v) is 2.37. The first kappa shape index (κ1) is 13.0. The molecule has 0 aliphatic carbocycles. The van der Waals surface area contributed by atoms with E-state index in [9.17, 15) is 4.79 Å². The minimum atomic E-state index is -0.0585. The van der Waals surface area contributed by atoms with Crippen molar-refractivity contribution >= 4 is 5.91 Å². The van der Waals surface area contributed by atoms with Gasteiger partial charge in [0.1, 0.15) is 6.33 Å². The Morgan fingerprint density at radius 1 is 1.50 bits per heavy atom. The molecule has 0 aromatic carbocycles. The molecule has 0 radical (unpaired) electrons. The summed E-state index contributed by atoms with van der Waals surface area (Å²) in [6.45, 7) is 3.57. The largest absolute Gasteiger partial charge is 0.335 e. The van der Waals surface area contributed by atoms with Crippen LogP contribution >= 0.6 is 0 Å². The summed E-state index contributed by atoms with van der Waals surface area (Å²) in [6.07, 6.45) is 5.23. The van der Waals surface area contributed by atoms with Crippen LogP contribution in [0.15, 0.2) is 18.6 Å². The number of aromatic nitrogens is 2. The lowest BCUT2D eigenvalue weighted by Gasteiger charge is -2.24. The molecule has 1 aromatic heterocycles. The van der Waals surface area contributed by atoms with Crippen molar-refractivity contribution in [3.8, 4) is 0 Å². The standard InChI is InChI=1S/C13H20N4O/c1-10-3-4-12(14-2)13(18)17(7-10)8-11-5-6-15-9-16-11/h5-6,9-10,12,14H,3-4,7-8H2,1-2H3.